The molecule has 2 nitrogen and oxygen atoms in total. The van der Waals surface area contributed by atoms with Crippen molar-refractivity contribution in [2.75, 3.05) is 32.2 Å². The Hall–Kier alpha value is -2.23. The fourth-order valence-corrected chi connectivity index (χ4v) is 13.8. The monoisotopic (exact) mass is 742 g/mol. The predicted molar refractivity (Wildman–Crippen MR) is 225 cm³/mol. The van der Waals surface area contributed by atoms with Gasteiger partial charge in [0.25, 0.3) is 0 Å². The molecule has 0 radical (unpaired) electrons. The van der Waals surface area contributed by atoms with Crippen molar-refractivity contribution in [1.29, 1.82) is 0 Å². The number of ether oxygens (including phenoxy) is 2. The molecule has 1 aliphatic rings. The Kier molecular flexibility index (Phi) is 11.6. The minimum atomic E-state index is -1.85. The van der Waals surface area contributed by atoms with Crippen molar-refractivity contribution in [2.24, 2.45) is 0 Å². The van der Waals surface area contributed by atoms with Crippen LogP contribution in [-0.4, -0.2) is 40.3 Å². The number of hydrogen-bond acceptors (Lipinski definition) is 6. The minimum absolute atomic E-state index is 0.144. The molecule has 7 heteroatoms. The molecule has 0 bridgehead atoms. The van der Waals surface area contributed by atoms with Crippen LogP contribution < -0.4 is 10.4 Å². The van der Waals surface area contributed by atoms with Crippen molar-refractivity contribution in [1.82, 2.24) is 0 Å². The van der Waals surface area contributed by atoms with Crippen molar-refractivity contribution in [3.63, 3.8) is 0 Å². The van der Waals surface area contributed by atoms with Gasteiger partial charge in [0.1, 0.15) is 8.07 Å². The van der Waals surface area contributed by atoms with Crippen LogP contribution in [0.15, 0.2) is 73.3 Å². The van der Waals surface area contributed by atoms with Gasteiger partial charge in [-0.15, -0.1) is 45.8 Å². The van der Waals surface area contributed by atoms with Crippen LogP contribution in [-0.2, 0) is 21.3 Å². The molecule has 4 heterocycles. The zero-order chi connectivity index (χ0) is 34.8. The van der Waals surface area contributed by atoms with Gasteiger partial charge in [0.15, 0.2) is 0 Å². The van der Waals surface area contributed by atoms with Crippen molar-refractivity contribution in [3.05, 3.63) is 89.3 Å². The van der Waals surface area contributed by atoms with E-state index in [9.17, 15) is 0 Å². The number of fused-ring (bicyclic) bond motifs is 3. The second-order valence-electron chi connectivity index (χ2n) is 14.4. The van der Waals surface area contributed by atoms with E-state index in [1.165, 1.54) is 57.1 Å². The molecule has 258 valence electrons. The summed E-state index contributed by atoms with van der Waals surface area (Å²) >= 11 is 7.51. The first-order chi connectivity index (χ1) is 23.5. The third kappa shape index (κ3) is 7.99. The van der Waals surface area contributed by atoms with E-state index in [2.05, 4.69) is 121 Å². The molecule has 0 aliphatic carbocycles. The van der Waals surface area contributed by atoms with E-state index < -0.39 is 8.07 Å². The highest BCUT2D eigenvalue weighted by molar-refractivity contribution is 8.08. The molecule has 0 saturated heterocycles. The Morgan fingerprint density at radius 2 is 1.41 bits per heavy atom. The number of thioether (sulfide) groups is 1. The van der Waals surface area contributed by atoms with Crippen LogP contribution in [0.5, 0.6) is 0 Å². The van der Waals surface area contributed by atoms with Crippen LogP contribution >= 0.6 is 45.8 Å². The molecular weight excluding hydrogens is 693 g/mol. The molecule has 0 spiro atoms. The van der Waals surface area contributed by atoms with E-state index in [1.54, 1.807) is 10.4 Å². The molecule has 1 aliphatic heterocycles. The lowest BCUT2D eigenvalue weighted by Gasteiger charge is -2.24. The normalized spacial score (nSPS) is 13.5. The van der Waals surface area contributed by atoms with Crippen LogP contribution in [0.4, 0.5) is 0 Å². The summed E-state index contributed by atoms with van der Waals surface area (Å²) in [5.41, 5.74) is 7.15. The van der Waals surface area contributed by atoms with Gasteiger partial charge < -0.3 is 9.47 Å². The summed E-state index contributed by atoms with van der Waals surface area (Å²) in [6, 6.07) is 26.0. The molecule has 0 fully saturated rings. The van der Waals surface area contributed by atoms with Crippen molar-refractivity contribution in [2.45, 2.75) is 72.4 Å². The highest BCUT2D eigenvalue weighted by Gasteiger charge is 2.38. The van der Waals surface area contributed by atoms with E-state index in [0.717, 1.165) is 36.5 Å². The van der Waals surface area contributed by atoms with Gasteiger partial charge in [-0.25, -0.2) is 0 Å². The first kappa shape index (κ1) is 36.6. The molecule has 6 rings (SSSR count). The maximum absolute atomic E-state index is 6.08. The molecular formula is C42H50O2S4Si. The topological polar surface area (TPSA) is 18.5 Å². The van der Waals surface area contributed by atoms with Gasteiger partial charge in [0.05, 0.1) is 19.8 Å². The Morgan fingerprint density at radius 1 is 0.735 bits per heavy atom. The van der Waals surface area contributed by atoms with E-state index in [-0.39, 0.29) is 5.41 Å². The highest BCUT2D eigenvalue weighted by Crippen LogP contribution is 2.46. The number of benzene rings is 2. The Balaban J connectivity index is 1.29. The number of thiophene rings is 3. The van der Waals surface area contributed by atoms with Crippen molar-refractivity contribution < 1.29 is 9.47 Å². The van der Waals surface area contributed by atoms with Gasteiger partial charge in [-0.2, -0.15) is 0 Å². The van der Waals surface area contributed by atoms with E-state index in [4.69, 9.17) is 9.47 Å². The second kappa shape index (κ2) is 15.6. The first-order valence-electron chi connectivity index (χ1n) is 17.6. The highest BCUT2D eigenvalue weighted by atomic mass is 32.2. The lowest BCUT2D eigenvalue weighted by Crippen LogP contribution is -2.49. The van der Waals surface area contributed by atoms with Crippen molar-refractivity contribution >= 4 is 69.1 Å². The smallest absolute Gasteiger partial charge is 0.113 e. The minimum Gasteiger partial charge on any atom is -0.379 e. The van der Waals surface area contributed by atoms with Gasteiger partial charge in [0.2, 0.25) is 0 Å². The molecule has 49 heavy (non-hydrogen) atoms. The Morgan fingerprint density at radius 3 is 2.14 bits per heavy atom. The summed E-state index contributed by atoms with van der Waals surface area (Å²) in [5.74, 6) is 1.04. The fourth-order valence-electron chi connectivity index (χ4n) is 6.53. The third-order valence-corrected chi connectivity index (χ3v) is 17.8. The van der Waals surface area contributed by atoms with Gasteiger partial charge in [0, 0.05) is 40.8 Å². The third-order valence-electron chi connectivity index (χ3n) is 9.44. The second-order valence-corrected chi connectivity index (χ2v) is 23.3. The Bertz CT molecular complexity index is 1920. The lowest BCUT2D eigenvalue weighted by molar-refractivity contribution is 0.0479. The summed E-state index contributed by atoms with van der Waals surface area (Å²) < 4.78 is 11.8. The molecule has 0 atom stereocenters. The molecule has 5 aromatic rings. The summed E-state index contributed by atoms with van der Waals surface area (Å²) in [5, 5.41) is 3.14. The molecule has 0 N–H and O–H groups in total. The largest absolute Gasteiger partial charge is 0.379 e. The summed E-state index contributed by atoms with van der Waals surface area (Å²) in [4.78, 5) is 9.11. The zero-order valence-corrected chi connectivity index (χ0v) is 34.4. The number of hydrogen-bond donors (Lipinski definition) is 0. The zero-order valence-electron chi connectivity index (χ0n) is 30.2. The predicted octanol–water partition coefficient (Wildman–Crippen LogP) is 12.1. The summed E-state index contributed by atoms with van der Waals surface area (Å²) in [6.07, 6.45) is 3.15. The molecule has 0 amide bonds. The standard InChI is InChI=1S/C42H50O2S4Si/c1-9-11-21-43-23-24-44-22-20-30-25-38(48-41(30)37-19-18-36(47-37)35-17-16-34(46-35)28(3)45-10-2)29-12-14-32-33-15-13-31(42(4,5)6)27-40(33)49(7,8)39(32)26-29/h12-19,25-27H,3,9-11,20-24H2,1-2,4-8H3. The number of unbranched alkanes of at least 4 members (excludes halogenated alkanes) is 1. The first-order valence-corrected chi connectivity index (χ1v) is 24.1. The SMILES string of the molecule is C=C(SCC)c1ccc(-c2ccc(-c3sc(-c4ccc5c(c4)[Si](C)(C)c4cc(C(C)(C)C)ccc4-5)cc3CCOCCOCCCC)s2)s1. The quantitative estimate of drug-likeness (QED) is 0.0786. The van der Waals surface area contributed by atoms with Crippen molar-refractivity contribution in [3.8, 4) is 41.1 Å². The van der Waals surface area contributed by atoms with E-state index in [1.807, 2.05) is 45.8 Å². The molecule has 3 aromatic heterocycles. The molecule has 0 saturated carbocycles. The van der Waals surface area contributed by atoms with Gasteiger partial charge in [-0.3, -0.25) is 0 Å². The molecule has 0 unspecified atom stereocenters. The van der Waals surface area contributed by atoms with Crippen LogP contribution in [0.3, 0.4) is 0 Å². The maximum Gasteiger partial charge on any atom is 0.113 e. The van der Waals surface area contributed by atoms with Gasteiger partial charge in [-0.1, -0.05) is 97.1 Å². The average Bonchev–Trinajstić information content (AvgIpc) is 3.87. The maximum atomic E-state index is 6.08. The van der Waals surface area contributed by atoms with Crippen LogP contribution in [0, 0.1) is 0 Å². The number of rotatable bonds is 15. The average molecular weight is 743 g/mol. The van der Waals surface area contributed by atoms with E-state index in [0.29, 0.717) is 19.8 Å². The fraction of sp³-hybridized carbons (Fsp3) is 0.381. The van der Waals surface area contributed by atoms with Crippen LogP contribution in [0.1, 0.15) is 63.5 Å². The van der Waals surface area contributed by atoms with E-state index >= 15 is 0 Å². The van der Waals surface area contributed by atoms with Crippen LogP contribution in [0.25, 0.3) is 46.0 Å². The van der Waals surface area contributed by atoms with Gasteiger partial charge >= 0.3 is 0 Å². The summed E-state index contributed by atoms with van der Waals surface area (Å²) in [6.45, 7) is 23.5. The van der Waals surface area contributed by atoms with Gasteiger partial charge in [-0.05, 0) is 92.5 Å². The Labute approximate surface area is 311 Å². The summed E-state index contributed by atoms with van der Waals surface area (Å²) in [7, 11) is -1.85. The molecule has 2 aromatic carbocycles. The lowest BCUT2D eigenvalue weighted by atomic mass is 9.86. The van der Waals surface area contributed by atoms with Crippen LogP contribution in [0.2, 0.25) is 13.1 Å².